The molecular formula is C16H25N3O. The molecule has 4 heteroatoms. The van der Waals surface area contributed by atoms with Gasteiger partial charge in [0.15, 0.2) is 0 Å². The number of rotatable bonds is 4. The molecule has 2 unspecified atom stereocenters. The SMILES string of the molecule is CN(C)C(=O)c1cccc(NC2CCCCC2CN)c1. The van der Waals surface area contributed by atoms with Crippen LogP contribution in [0.5, 0.6) is 0 Å². The molecule has 0 heterocycles. The summed E-state index contributed by atoms with van der Waals surface area (Å²) in [7, 11) is 3.54. The molecule has 20 heavy (non-hydrogen) atoms. The zero-order valence-electron chi connectivity index (χ0n) is 12.4. The highest BCUT2D eigenvalue weighted by Gasteiger charge is 2.23. The summed E-state index contributed by atoms with van der Waals surface area (Å²) < 4.78 is 0. The number of carbonyl (C=O) groups excluding carboxylic acids is 1. The fraction of sp³-hybridized carbons (Fsp3) is 0.562. The molecule has 1 saturated carbocycles. The first-order valence-corrected chi connectivity index (χ1v) is 7.40. The molecule has 0 saturated heterocycles. The van der Waals surface area contributed by atoms with Crippen LogP contribution in [0.15, 0.2) is 24.3 Å². The monoisotopic (exact) mass is 275 g/mol. The van der Waals surface area contributed by atoms with Gasteiger partial charge in [-0.05, 0) is 43.5 Å². The molecule has 0 spiro atoms. The Morgan fingerprint density at radius 2 is 2.10 bits per heavy atom. The molecule has 3 N–H and O–H groups in total. The van der Waals surface area contributed by atoms with Gasteiger partial charge in [-0.3, -0.25) is 4.79 Å². The lowest BCUT2D eigenvalue weighted by molar-refractivity contribution is 0.0827. The van der Waals surface area contributed by atoms with Crippen molar-refractivity contribution in [1.29, 1.82) is 0 Å². The van der Waals surface area contributed by atoms with Gasteiger partial charge in [-0.2, -0.15) is 0 Å². The normalized spacial score (nSPS) is 22.4. The second-order valence-corrected chi connectivity index (χ2v) is 5.81. The summed E-state index contributed by atoms with van der Waals surface area (Å²) in [6.45, 7) is 0.730. The van der Waals surface area contributed by atoms with Crippen molar-refractivity contribution in [2.75, 3.05) is 26.0 Å². The summed E-state index contributed by atoms with van der Waals surface area (Å²) >= 11 is 0. The van der Waals surface area contributed by atoms with Crippen molar-refractivity contribution in [3.8, 4) is 0 Å². The highest BCUT2D eigenvalue weighted by Crippen LogP contribution is 2.26. The predicted octanol–water partition coefficient (Wildman–Crippen LogP) is 2.32. The molecule has 1 amide bonds. The molecule has 0 bridgehead atoms. The van der Waals surface area contributed by atoms with Crippen LogP contribution in [-0.4, -0.2) is 37.5 Å². The maximum Gasteiger partial charge on any atom is 0.253 e. The molecule has 110 valence electrons. The molecule has 0 aliphatic heterocycles. The van der Waals surface area contributed by atoms with Crippen molar-refractivity contribution in [2.24, 2.45) is 11.7 Å². The lowest BCUT2D eigenvalue weighted by Gasteiger charge is -2.32. The zero-order valence-corrected chi connectivity index (χ0v) is 12.4. The van der Waals surface area contributed by atoms with Crippen LogP contribution in [0.3, 0.4) is 0 Å². The van der Waals surface area contributed by atoms with E-state index in [9.17, 15) is 4.79 Å². The van der Waals surface area contributed by atoms with Crippen LogP contribution in [0.1, 0.15) is 36.0 Å². The fourth-order valence-electron chi connectivity index (χ4n) is 2.89. The van der Waals surface area contributed by atoms with Gasteiger partial charge in [-0.1, -0.05) is 18.9 Å². The minimum atomic E-state index is 0.0349. The lowest BCUT2D eigenvalue weighted by atomic mass is 9.84. The number of nitrogens with zero attached hydrogens (tertiary/aromatic N) is 1. The second-order valence-electron chi connectivity index (χ2n) is 5.81. The third-order valence-electron chi connectivity index (χ3n) is 4.08. The van der Waals surface area contributed by atoms with Gasteiger partial charge in [0.25, 0.3) is 5.91 Å². The fourth-order valence-corrected chi connectivity index (χ4v) is 2.89. The summed E-state index contributed by atoms with van der Waals surface area (Å²) in [5, 5.41) is 3.57. The van der Waals surface area contributed by atoms with E-state index in [4.69, 9.17) is 5.73 Å². The van der Waals surface area contributed by atoms with Gasteiger partial charge in [0, 0.05) is 31.4 Å². The summed E-state index contributed by atoms with van der Waals surface area (Å²) in [4.78, 5) is 13.6. The molecule has 0 aromatic heterocycles. The van der Waals surface area contributed by atoms with Crippen molar-refractivity contribution in [2.45, 2.75) is 31.7 Å². The first kappa shape index (κ1) is 14.9. The smallest absolute Gasteiger partial charge is 0.253 e. The number of hydrogen-bond acceptors (Lipinski definition) is 3. The van der Waals surface area contributed by atoms with Gasteiger partial charge in [0.1, 0.15) is 0 Å². The van der Waals surface area contributed by atoms with E-state index in [0.29, 0.717) is 12.0 Å². The highest BCUT2D eigenvalue weighted by atomic mass is 16.2. The molecule has 1 aliphatic carbocycles. The van der Waals surface area contributed by atoms with Gasteiger partial charge in [0.2, 0.25) is 0 Å². The predicted molar refractivity (Wildman–Crippen MR) is 82.9 cm³/mol. The first-order chi connectivity index (χ1) is 9.61. The van der Waals surface area contributed by atoms with Crippen LogP contribution in [0.4, 0.5) is 5.69 Å². The van der Waals surface area contributed by atoms with Crippen molar-refractivity contribution < 1.29 is 4.79 Å². The van der Waals surface area contributed by atoms with E-state index in [0.717, 1.165) is 24.2 Å². The molecule has 2 atom stereocenters. The van der Waals surface area contributed by atoms with Crippen LogP contribution in [-0.2, 0) is 0 Å². The van der Waals surface area contributed by atoms with E-state index in [-0.39, 0.29) is 5.91 Å². The Morgan fingerprint density at radius 3 is 2.80 bits per heavy atom. The van der Waals surface area contributed by atoms with E-state index in [1.165, 1.54) is 19.3 Å². The van der Waals surface area contributed by atoms with Crippen LogP contribution in [0.2, 0.25) is 0 Å². The number of nitrogens with one attached hydrogen (secondary N) is 1. The first-order valence-electron chi connectivity index (χ1n) is 7.40. The Morgan fingerprint density at radius 1 is 1.35 bits per heavy atom. The summed E-state index contributed by atoms with van der Waals surface area (Å²) in [6.07, 6.45) is 4.89. The number of nitrogens with two attached hydrogens (primary N) is 1. The molecule has 4 nitrogen and oxygen atoms in total. The molecule has 1 aromatic rings. The summed E-state index contributed by atoms with van der Waals surface area (Å²) in [5.41, 5.74) is 7.60. The average Bonchev–Trinajstić information content (AvgIpc) is 2.47. The Balaban J connectivity index is 2.09. The number of carbonyl (C=O) groups is 1. The van der Waals surface area contributed by atoms with Gasteiger partial charge < -0.3 is 16.0 Å². The Kier molecular flexibility index (Phi) is 5.01. The molecule has 1 aromatic carbocycles. The standard InChI is InChI=1S/C16H25N3O/c1-19(2)16(20)12-7-5-8-14(10-12)18-15-9-4-3-6-13(15)11-17/h5,7-8,10,13,15,18H,3-4,6,9,11,17H2,1-2H3. The van der Waals surface area contributed by atoms with Gasteiger partial charge >= 0.3 is 0 Å². The Hall–Kier alpha value is -1.55. The minimum absolute atomic E-state index is 0.0349. The van der Waals surface area contributed by atoms with E-state index < -0.39 is 0 Å². The molecule has 1 fully saturated rings. The van der Waals surface area contributed by atoms with Crippen molar-refractivity contribution in [3.63, 3.8) is 0 Å². The van der Waals surface area contributed by atoms with Crippen LogP contribution in [0.25, 0.3) is 0 Å². The van der Waals surface area contributed by atoms with Crippen molar-refractivity contribution in [1.82, 2.24) is 4.90 Å². The van der Waals surface area contributed by atoms with Crippen LogP contribution in [0, 0.1) is 5.92 Å². The zero-order chi connectivity index (χ0) is 14.5. The minimum Gasteiger partial charge on any atom is -0.382 e. The molecule has 1 aliphatic rings. The quantitative estimate of drug-likeness (QED) is 0.886. The Labute approximate surface area is 121 Å². The molecule has 0 radical (unpaired) electrons. The maximum absolute atomic E-state index is 12.0. The lowest BCUT2D eigenvalue weighted by Crippen LogP contribution is -2.36. The van der Waals surface area contributed by atoms with E-state index in [1.807, 2.05) is 24.3 Å². The van der Waals surface area contributed by atoms with Gasteiger partial charge in [0.05, 0.1) is 0 Å². The number of benzene rings is 1. The summed E-state index contributed by atoms with van der Waals surface area (Å²) in [6, 6.07) is 8.17. The average molecular weight is 275 g/mol. The van der Waals surface area contributed by atoms with Gasteiger partial charge in [-0.25, -0.2) is 0 Å². The molecule has 2 rings (SSSR count). The number of hydrogen-bond donors (Lipinski definition) is 2. The van der Waals surface area contributed by atoms with Gasteiger partial charge in [-0.15, -0.1) is 0 Å². The topological polar surface area (TPSA) is 58.4 Å². The third kappa shape index (κ3) is 3.51. The Bertz CT molecular complexity index is 459. The molecular weight excluding hydrogens is 250 g/mol. The third-order valence-corrected chi connectivity index (χ3v) is 4.08. The van der Waals surface area contributed by atoms with Crippen molar-refractivity contribution >= 4 is 11.6 Å². The van der Waals surface area contributed by atoms with E-state index in [1.54, 1.807) is 19.0 Å². The second kappa shape index (κ2) is 6.75. The maximum atomic E-state index is 12.0. The highest BCUT2D eigenvalue weighted by molar-refractivity contribution is 5.94. The largest absolute Gasteiger partial charge is 0.382 e. The number of amides is 1. The van der Waals surface area contributed by atoms with Crippen molar-refractivity contribution in [3.05, 3.63) is 29.8 Å². The number of anilines is 1. The van der Waals surface area contributed by atoms with E-state index >= 15 is 0 Å². The van der Waals surface area contributed by atoms with E-state index in [2.05, 4.69) is 5.32 Å². The summed E-state index contributed by atoms with van der Waals surface area (Å²) in [5.74, 6) is 0.574. The van der Waals surface area contributed by atoms with Crippen LogP contribution >= 0.6 is 0 Å². The van der Waals surface area contributed by atoms with Crippen LogP contribution < -0.4 is 11.1 Å².